The van der Waals surface area contributed by atoms with Gasteiger partial charge in [0.05, 0.1) is 34.4 Å². The summed E-state index contributed by atoms with van der Waals surface area (Å²) >= 11 is 0. The van der Waals surface area contributed by atoms with Gasteiger partial charge >= 0.3 is 17.9 Å². The number of hydrogen-bond donors (Lipinski definition) is 1. The molecule has 0 aliphatic rings. The van der Waals surface area contributed by atoms with Gasteiger partial charge in [0, 0.05) is 19.3 Å². The molecule has 1 N–H and O–H groups in total. The second kappa shape index (κ2) is 40.6. The van der Waals surface area contributed by atoms with Crippen molar-refractivity contribution < 1.29 is 38.2 Å². The first-order valence-electron chi connectivity index (χ1n) is 23.9. The number of allylic oxidation sites excluding steroid dienone is 4. The molecule has 0 aliphatic heterocycles. The molecule has 0 spiro atoms. The molecule has 0 rings (SSSR count). The van der Waals surface area contributed by atoms with E-state index in [1.165, 1.54) is 135 Å². The van der Waals surface area contributed by atoms with E-state index in [0.717, 1.165) is 51.4 Å². The zero-order valence-corrected chi connectivity index (χ0v) is 38.1. The molecule has 8 nitrogen and oxygen atoms in total. The largest absolute Gasteiger partial charge is 0.477 e. The van der Waals surface area contributed by atoms with Crippen LogP contribution < -0.4 is 0 Å². The maximum atomic E-state index is 12.7. The van der Waals surface area contributed by atoms with E-state index in [1.54, 1.807) is 0 Å². The summed E-state index contributed by atoms with van der Waals surface area (Å²) in [5.41, 5.74) is 0. The van der Waals surface area contributed by atoms with Gasteiger partial charge in [-0.05, 0) is 64.2 Å². The monoisotopic (exact) mass is 807 g/mol. The highest BCUT2D eigenvalue weighted by Crippen LogP contribution is 2.15. The van der Waals surface area contributed by atoms with Crippen LogP contribution in [0.4, 0.5) is 0 Å². The number of esters is 2. The van der Waals surface area contributed by atoms with E-state index in [-0.39, 0.29) is 36.2 Å². The molecule has 0 aliphatic carbocycles. The van der Waals surface area contributed by atoms with Gasteiger partial charge in [0.15, 0.2) is 12.1 Å². The highest BCUT2D eigenvalue weighted by atomic mass is 16.6. The van der Waals surface area contributed by atoms with Crippen molar-refractivity contribution in [2.75, 3.05) is 41.0 Å². The molecule has 0 amide bonds. The average molecular weight is 807 g/mol. The predicted molar refractivity (Wildman–Crippen MR) is 238 cm³/mol. The fourth-order valence-electron chi connectivity index (χ4n) is 7.08. The van der Waals surface area contributed by atoms with E-state index in [9.17, 15) is 19.5 Å². The molecule has 0 saturated carbocycles. The smallest absolute Gasteiger partial charge is 0.362 e. The molecule has 0 saturated heterocycles. The van der Waals surface area contributed by atoms with Crippen molar-refractivity contribution in [3.8, 4) is 0 Å². The number of ether oxygens (including phenoxy) is 3. The van der Waals surface area contributed by atoms with E-state index in [0.29, 0.717) is 19.3 Å². The third-order valence-corrected chi connectivity index (χ3v) is 10.8. The first-order valence-corrected chi connectivity index (χ1v) is 23.9. The average Bonchev–Trinajstić information content (AvgIpc) is 3.17. The normalized spacial score (nSPS) is 13.1. The van der Waals surface area contributed by atoms with Crippen molar-refractivity contribution in [3.63, 3.8) is 0 Å². The standard InChI is InChI=1S/C49H91NO7/c1-6-8-10-12-14-16-18-20-22-24-26-27-29-31-33-35-37-39-47(51)56-44-45(43-55-42-41-46(49(53)54)50(3,4)5)57-48(52)40-38-36-34-32-30-28-25-23-21-19-17-15-13-11-9-7-2/h20,22-23,25,45-46H,6-19,21,24,26-44H2,1-5H3/p+1/b22-20+,25-23+. The van der Waals surface area contributed by atoms with Crippen LogP contribution in [0.15, 0.2) is 24.3 Å². The van der Waals surface area contributed by atoms with Crippen LogP contribution in [0.5, 0.6) is 0 Å². The Morgan fingerprint density at radius 2 is 0.877 bits per heavy atom. The molecular weight excluding hydrogens is 715 g/mol. The fourth-order valence-corrected chi connectivity index (χ4v) is 7.08. The lowest BCUT2D eigenvalue weighted by molar-refractivity contribution is -0.887. The number of carbonyl (C=O) groups excluding carboxylic acids is 2. The summed E-state index contributed by atoms with van der Waals surface area (Å²) in [7, 11) is 5.53. The number of likely N-dealkylation sites (N-methyl/N-ethyl adjacent to an activating group) is 1. The summed E-state index contributed by atoms with van der Waals surface area (Å²) in [6, 6.07) is -0.614. The Morgan fingerprint density at radius 1 is 0.509 bits per heavy atom. The van der Waals surface area contributed by atoms with Crippen LogP contribution in [0.2, 0.25) is 0 Å². The maximum absolute atomic E-state index is 12.7. The zero-order valence-electron chi connectivity index (χ0n) is 38.1. The number of aliphatic carboxylic acids is 1. The van der Waals surface area contributed by atoms with Crippen LogP contribution in [0, 0.1) is 0 Å². The minimum atomic E-state index is -0.875. The van der Waals surface area contributed by atoms with Crippen molar-refractivity contribution in [1.82, 2.24) is 0 Å². The summed E-state index contributed by atoms with van der Waals surface area (Å²) in [5, 5.41) is 9.63. The highest BCUT2D eigenvalue weighted by Gasteiger charge is 2.31. The Balaban J connectivity index is 4.30. The first kappa shape index (κ1) is 54.8. The van der Waals surface area contributed by atoms with Gasteiger partial charge < -0.3 is 23.8 Å². The van der Waals surface area contributed by atoms with Gasteiger partial charge in [0.25, 0.3) is 0 Å². The Hall–Kier alpha value is -2.19. The number of hydrogen-bond acceptors (Lipinski definition) is 6. The van der Waals surface area contributed by atoms with Crippen molar-refractivity contribution >= 4 is 17.9 Å². The summed E-state index contributed by atoms with van der Waals surface area (Å²) < 4.78 is 17.3. The molecule has 0 heterocycles. The van der Waals surface area contributed by atoms with Crippen LogP contribution in [-0.4, -0.2) is 80.6 Å². The number of unbranched alkanes of at least 4 members (excludes halogenated alkanes) is 25. The molecule has 8 heteroatoms. The van der Waals surface area contributed by atoms with Gasteiger partial charge in [0.1, 0.15) is 6.61 Å². The third-order valence-electron chi connectivity index (χ3n) is 10.8. The van der Waals surface area contributed by atoms with Crippen LogP contribution in [0.3, 0.4) is 0 Å². The van der Waals surface area contributed by atoms with Crippen molar-refractivity contribution in [3.05, 3.63) is 24.3 Å². The van der Waals surface area contributed by atoms with Gasteiger partial charge in [-0.25, -0.2) is 4.79 Å². The summed E-state index contributed by atoms with van der Waals surface area (Å²) in [6.07, 6.45) is 45.0. The molecule has 0 aromatic rings. The van der Waals surface area contributed by atoms with Gasteiger partial charge in [0.2, 0.25) is 0 Å². The molecule has 2 unspecified atom stereocenters. The quantitative estimate of drug-likeness (QED) is 0.0283. The Kier molecular flexibility index (Phi) is 39.0. The minimum absolute atomic E-state index is 0.0534. The van der Waals surface area contributed by atoms with Gasteiger partial charge in [-0.2, -0.15) is 0 Å². The molecule has 0 aromatic heterocycles. The first-order chi connectivity index (χ1) is 27.6. The van der Waals surface area contributed by atoms with E-state index < -0.39 is 18.1 Å². The van der Waals surface area contributed by atoms with Gasteiger partial charge in [-0.1, -0.05) is 160 Å². The van der Waals surface area contributed by atoms with E-state index in [1.807, 2.05) is 21.1 Å². The molecular formula is C49H92NO7+. The molecule has 0 radical (unpaired) electrons. The summed E-state index contributed by atoms with van der Waals surface area (Å²) in [6.45, 7) is 4.74. The molecule has 334 valence electrons. The summed E-state index contributed by atoms with van der Waals surface area (Å²) in [4.78, 5) is 37.0. The minimum Gasteiger partial charge on any atom is -0.477 e. The van der Waals surface area contributed by atoms with Crippen molar-refractivity contribution in [2.24, 2.45) is 0 Å². The lowest BCUT2D eigenvalue weighted by Crippen LogP contribution is -2.50. The maximum Gasteiger partial charge on any atom is 0.362 e. The van der Waals surface area contributed by atoms with E-state index >= 15 is 0 Å². The molecule has 2 atom stereocenters. The predicted octanol–water partition coefficient (Wildman–Crippen LogP) is 13.3. The SMILES string of the molecule is CCCCCCCC/C=C/CCCCCCCCCC(=O)OCC(COCCC(C(=O)O)[N+](C)(C)C)OC(=O)CCCCCCC/C=C/CCCCCCCCC. The number of quaternary nitrogens is 1. The number of rotatable bonds is 43. The zero-order chi connectivity index (χ0) is 42.1. The lowest BCUT2D eigenvalue weighted by Gasteiger charge is -2.31. The highest BCUT2D eigenvalue weighted by molar-refractivity contribution is 5.72. The van der Waals surface area contributed by atoms with Crippen LogP contribution in [-0.2, 0) is 28.6 Å². The number of carboxylic acids is 1. The Morgan fingerprint density at radius 3 is 1.26 bits per heavy atom. The Labute approximate surface area is 351 Å². The lowest BCUT2D eigenvalue weighted by atomic mass is 10.1. The van der Waals surface area contributed by atoms with Crippen molar-refractivity contribution in [2.45, 2.75) is 231 Å². The second-order valence-electron chi connectivity index (χ2n) is 17.4. The second-order valence-corrected chi connectivity index (χ2v) is 17.4. The number of carboxylic acid groups (broad SMARTS) is 1. The van der Waals surface area contributed by atoms with Crippen LogP contribution >= 0.6 is 0 Å². The van der Waals surface area contributed by atoms with Crippen molar-refractivity contribution in [1.29, 1.82) is 0 Å². The van der Waals surface area contributed by atoms with Crippen LogP contribution in [0.25, 0.3) is 0 Å². The Bertz CT molecular complexity index is 989. The number of carbonyl (C=O) groups is 3. The molecule has 0 aromatic carbocycles. The fraction of sp³-hybridized carbons (Fsp3) is 0.857. The van der Waals surface area contributed by atoms with Gasteiger partial charge in [-0.3, -0.25) is 9.59 Å². The third kappa shape index (κ3) is 39.1. The molecule has 57 heavy (non-hydrogen) atoms. The topological polar surface area (TPSA) is 99.1 Å². The van der Waals surface area contributed by atoms with Crippen LogP contribution in [0.1, 0.15) is 219 Å². The van der Waals surface area contributed by atoms with E-state index in [4.69, 9.17) is 14.2 Å². The number of nitrogens with zero attached hydrogens (tertiary/aromatic N) is 1. The van der Waals surface area contributed by atoms with Gasteiger partial charge in [-0.15, -0.1) is 0 Å². The summed E-state index contributed by atoms with van der Waals surface area (Å²) in [5.74, 6) is -1.47. The van der Waals surface area contributed by atoms with E-state index in [2.05, 4.69) is 38.2 Å². The molecule has 0 bridgehead atoms. The molecule has 0 fully saturated rings.